The van der Waals surface area contributed by atoms with Crippen LogP contribution in [0.3, 0.4) is 0 Å². The van der Waals surface area contributed by atoms with Crippen molar-refractivity contribution in [2.24, 2.45) is 11.2 Å². The lowest BCUT2D eigenvalue weighted by molar-refractivity contribution is -0.125. The molecule has 1 aliphatic heterocycles. The second kappa shape index (κ2) is 6.90. The number of fused-ring (bicyclic) bond motifs is 2. The number of rotatable bonds is 5. The number of nitroso groups, excluding NO2 is 1. The average Bonchev–Trinajstić information content (AvgIpc) is 3.05. The minimum Gasteiger partial charge on any atom is -0.394 e. The van der Waals surface area contributed by atoms with Gasteiger partial charge in [0.2, 0.25) is 5.91 Å². The normalized spacial score (nSPS) is 22.9. The zero-order valence-corrected chi connectivity index (χ0v) is 15.6. The van der Waals surface area contributed by atoms with Crippen molar-refractivity contribution < 1.29 is 9.90 Å². The molecular formula is C20H24N4O3. The summed E-state index contributed by atoms with van der Waals surface area (Å²) >= 11 is 0. The maximum absolute atomic E-state index is 12.7. The highest BCUT2D eigenvalue weighted by Crippen LogP contribution is 2.41. The monoisotopic (exact) mass is 368 g/mol. The Hall–Kier alpha value is -2.51. The number of aliphatic hydroxyl groups is 1. The van der Waals surface area contributed by atoms with Gasteiger partial charge >= 0.3 is 0 Å². The van der Waals surface area contributed by atoms with Gasteiger partial charge in [-0.1, -0.05) is 25.1 Å². The highest BCUT2D eigenvalue weighted by molar-refractivity contribution is 5.99. The fraction of sp³-hybridized carbons (Fsp3) is 0.450. The summed E-state index contributed by atoms with van der Waals surface area (Å²) in [6, 6.07) is 5.83. The number of aromatic nitrogens is 1. The molecule has 2 heterocycles. The van der Waals surface area contributed by atoms with Crippen LogP contribution in [0.1, 0.15) is 24.5 Å². The lowest BCUT2D eigenvalue weighted by atomic mass is 9.80. The first kappa shape index (κ1) is 17.9. The van der Waals surface area contributed by atoms with Gasteiger partial charge in [-0.15, -0.1) is 4.91 Å². The van der Waals surface area contributed by atoms with Crippen LogP contribution in [0.2, 0.25) is 0 Å². The van der Waals surface area contributed by atoms with Crippen molar-refractivity contribution in [3.05, 3.63) is 46.5 Å². The molecule has 142 valence electrons. The third-order valence-corrected chi connectivity index (χ3v) is 5.85. The molecule has 2 aliphatic rings. The number of aliphatic hydroxyl groups excluding tert-OH is 1. The van der Waals surface area contributed by atoms with Crippen molar-refractivity contribution in [2.75, 3.05) is 20.2 Å². The molecule has 27 heavy (non-hydrogen) atoms. The van der Waals surface area contributed by atoms with Gasteiger partial charge in [0, 0.05) is 24.2 Å². The molecule has 7 heteroatoms. The fourth-order valence-corrected chi connectivity index (χ4v) is 4.36. The van der Waals surface area contributed by atoms with E-state index in [4.69, 9.17) is 0 Å². The van der Waals surface area contributed by atoms with Crippen LogP contribution < -0.4 is 5.32 Å². The third kappa shape index (κ3) is 2.87. The lowest BCUT2D eigenvalue weighted by Gasteiger charge is -2.39. The Bertz CT molecular complexity index is 929. The number of likely N-dealkylation sites (N-methyl/N-ethyl adjacent to an activating group) is 1. The van der Waals surface area contributed by atoms with E-state index in [1.165, 1.54) is 4.68 Å². The van der Waals surface area contributed by atoms with E-state index in [0.717, 1.165) is 34.0 Å². The molecule has 7 nitrogen and oxygen atoms in total. The van der Waals surface area contributed by atoms with E-state index in [9.17, 15) is 14.8 Å². The van der Waals surface area contributed by atoms with Crippen molar-refractivity contribution >= 4 is 22.4 Å². The standard InChI is InChI=1S/C20H24N4O3/c1-3-14(11-25)21-20(26)13-7-16-15-5-4-6-17-19(15)12(10-24(17)22-27)8-18(16)23(2)9-13/h4-7,10,13-14,18,25H,3,8-9,11H2,1-2H3,(H,21,26)/t13-,14+,18-/m1/s1. The SMILES string of the molecule is CC[C@@H](CO)NC(=O)[C@@H]1C=C2c3cccc4c3c(cn4N=O)C[C@H]2N(C)C1. The highest BCUT2D eigenvalue weighted by atomic mass is 16.3. The van der Waals surface area contributed by atoms with Gasteiger partial charge in [0.05, 0.1) is 29.4 Å². The van der Waals surface area contributed by atoms with Gasteiger partial charge in [0.1, 0.15) is 0 Å². The van der Waals surface area contributed by atoms with Crippen LogP contribution in [-0.4, -0.2) is 52.9 Å². The predicted molar refractivity (Wildman–Crippen MR) is 104 cm³/mol. The molecule has 2 N–H and O–H groups in total. The molecule has 0 saturated heterocycles. The van der Waals surface area contributed by atoms with Gasteiger partial charge in [0.25, 0.3) is 0 Å². The summed E-state index contributed by atoms with van der Waals surface area (Å²) in [6.07, 6.45) is 5.37. The molecule has 0 unspecified atom stereocenters. The molecule has 1 amide bonds. The van der Waals surface area contributed by atoms with Crippen LogP contribution >= 0.6 is 0 Å². The van der Waals surface area contributed by atoms with E-state index in [2.05, 4.69) is 27.6 Å². The molecule has 0 bridgehead atoms. The Balaban J connectivity index is 1.75. The van der Waals surface area contributed by atoms with E-state index in [0.29, 0.717) is 13.0 Å². The fourth-order valence-electron chi connectivity index (χ4n) is 4.36. The van der Waals surface area contributed by atoms with E-state index in [1.54, 1.807) is 0 Å². The molecule has 0 spiro atoms. The number of carbonyl (C=O) groups is 1. The van der Waals surface area contributed by atoms with Crippen molar-refractivity contribution in [3.63, 3.8) is 0 Å². The number of nitrogens with one attached hydrogen (secondary N) is 1. The molecule has 2 aromatic rings. The van der Waals surface area contributed by atoms with Gasteiger partial charge in [-0.25, -0.2) is 4.68 Å². The molecule has 3 atom stereocenters. The maximum atomic E-state index is 12.7. The summed E-state index contributed by atoms with van der Waals surface area (Å²) in [6.45, 7) is 2.51. The minimum absolute atomic E-state index is 0.0567. The molecule has 0 radical (unpaired) electrons. The smallest absolute Gasteiger partial charge is 0.228 e. The van der Waals surface area contributed by atoms with Crippen LogP contribution in [0.5, 0.6) is 0 Å². The van der Waals surface area contributed by atoms with Crippen LogP contribution in [0.4, 0.5) is 0 Å². The zero-order chi connectivity index (χ0) is 19.1. The molecular weight excluding hydrogens is 344 g/mol. The first-order valence-electron chi connectivity index (χ1n) is 9.37. The third-order valence-electron chi connectivity index (χ3n) is 5.85. The number of nitrogens with zero attached hydrogens (tertiary/aromatic N) is 3. The van der Waals surface area contributed by atoms with Crippen molar-refractivity contribution in [2.45, 2.75) is 31.8 Å². The Kier molecular flexibility index (Phi) is 4.57. The molecule has 1 aromatic carbocycles. The highest BCUT2D eigenvalue weighted by Gasteiger charge is 2.36. The van der Waals surface area contributed by atoms with Crippen LogP contribution in [-0.2, 0) is 11.2 Å². The van der Waals surface area contributed by atoms with Crippen LogP contribution in [0.15, 0.2) is 35.8 Å². The summed E-state index contributed by atoms with van der Waals surface area (Å²) in [7, 11) is 2.03. The van der Waals surface area contributed by atoms with E-state index >= 15 is 0 Å². The first-order chi connectivity index (χ1) is 13.1. The van der Waals surface area contributed by atoms with Crippen molar-refractivity contribution in [3.8, 4) is 0 Å². The van der Waals surface area contributed by atoms with Gasteiger partial charge in [0.15, 0.2) is 0 Å². The number of hydrogen-bond donors (Lipinski definition) is 2. The zero-order valence-electron chi connectivity index (χ0n) is 15.6. The number of carbonyl (C=O) groups excluding carboxylic acids is 1. The Morgan fingerprint density at radius 3 is 2.96 bits per heavy atom. The van der Waals surface area contributed by atoms with Crippen molar-refractivity contribution in [1.82, 2.24) is 14.9 Å². The number of hydrogen-bond acceptors (Lipinski definition) is 5. The molecule has 0 saturated carbocycles. The van der Waals surface area contributed by atoms with E-state index in [1.807, 2.05) is 32.3 Å². The molecule has 0 fully saturated rings. The van der Waals surface area contributed by atoms with Crippen LogP contribution in [0.25, 0.3) is 16.5 Å². The second-order valence-electron chi connectivity index (χ2n) is 7.46. The van der Waals surface area contributed by atoms with Gasteiger partial charge < -0.3 is 10.4 Å². The molecule has 1 aliphatic carbocycles. The largest absolute Gasteiger partial charge is 0.394 e. The summed E-state index contributed by atoms with van der Waals surface area (Å²) < 4.78 is 1.39. The Morgan fingerprint density at radius 2 is 2.26 bits per heavy atom. The summed E-state index contributed by atoms with van der Waals surface area (Å²) in [4.78, 5) is 26.1. The maximum Gasteiger partial charge on any atom is 0.228 e. The first-order valence-corrected chi connectivity index (χ1v) is 9.37. The predicted octanol–water partition coefficient (Wildman–Crippen LogP) is 1.93. The number of benzene rings is 1. The minimum atomic E-state index is -0.273. The van der Waals surface area contributed by atoms with E-state index < -0.39 is 0 Å². The topological polar surface area (TPSA) is 86.9 Å². The number of amides is 1. The Labute approximate surface area is 157 Å². The van der Waals surface area contributed by atoms with Gasteiger partial charge in [-0.05, 0) is 42.7 Å². The van der Waals surface area contributed by atoms with Crippen molar-refractivity contribution in [1.29, 1.82) is 0 Å². The Morgan fingerprint density at radius 1 is 1.44 bits per heavy atom. The summed E-state index contributed by atoms with van der Waals surface area (Å²) in [5, 5.41) is 16.5. The molecule has 1 aromatic heterocycles. The lowest BCUT2D eigenvalue weighted by Crippen LogP contribution is -2.48. The second-order valence-corrected chi connectivity index (χ2v) is 7.46. The summed E-state index contributed by atoms with van der Waals surface area (Å²) in [5.74, 6) is -0.330. The van der Waals surface area contributed by atoms with E-state index in [-0.39, 0.29) is 30.5 Å². The van der Waals surface area contributed by atoms with Crippen LogP contribution in [0, 0.1) is 10.8 Å². The summed E-state index contributed by atoms with van der Waals surface area (Å²) in [5.41, 5.74) is 4.11. The van der Waals surface area contributed by atoms with Gasteiger partial charge in [-0.3, -0.25) is 9.69 Å². The molecule has 4 rings (SSSR count). The van der Waals surface area contributed by atoms with Gasteiger partial charge in [-0.2, -0.15) is 0 Å². The average molecular weight is 368 g/mol. The quantitative estimate of drug-likeness (QED) is 0.790.